The summed E-state index contributed by atoms with van der Waals surface area (Å²) >= 11 is 0. The highest BCUT2D eigenvalue weighted by molar-refractivity contribution is 7.92. The molecule has 0 saturated carbocycles. The monoisotopic (exact) mass is 495 g/mol. The minimum atomic E-state index is -4.17. The van der Waals surface area contributed by atoms with Crippen LogP contribution >= 0.6 is 0 Å². The molecule has 3 aromatic carbocycles. The highest BCUT2D eigenvalue weighted by Gasteiger charge is 2.20. The maximum atomic E-state index is 13.9. The van der Waals surface area contributed by atoms with Gasteiger partial charge in [-0.15, -0.1) is 0 Å². The fourth-order valence-corrected chi connectivity index (χ4v) is 4.59. The lowest BCUT2D eigenvalue weighted by molar-refractivity contribution is -0.121. The van der Waals surface area contributed by atoms with E-state index in [1.807, 2.05) is 24.3 Å². The number of para-hydroxylation sites is 3. The summed E-state index contributed by atoms with van der Waals surface area (Å²) in [5.41, 5.74) is 6.55. The van der Waals surface area contributed by atoms with Gasteiger partial charge in [-0.25, -0.2) is 17.8 Å². The van der Waals surface area contributed by atoms with Gasteiger partial charge in [-0.2, -0.15) is 0 Å². The zero-order valence-corrected chi connectivity index (χ0v) is 19.7. The van der Waals surface area contributed by atoms with E-state index in [1.165, 1.54) is 30.3 Å². The summed E-state index contributed by atoms with van der Waals surface area (Å²) in [6.45, 7) is 1.62. The van der Waals surface area contributed by atoms with Gasteiger partial charge >= 0.3 is 0 Å². The number of anilines is 1. The van der Waals surface area contributed by atoms with E-state index in [0.717, 1.165) is 23.2 Å². The van der Waals surface area contributed by atoms with Crippen LogP contribution in [0.1, 0.15) is 21.7 Å². The predicted octanol–water partition coefficient (Wildman–Crippen LogP) is 2.83. The number of rotatable bonds is 6. The fourth-order valence-electron chi connectivity index (χ4n) is 3.50. The fraction of sp³-hybridized carbons (Fsp3) is 0.125. The summed E-state index contributed by atoms with van der Waals surface area (Å²) in [4.78, 5) is 29.3. The number of fused-ring (bicyclic) bond motifs is 1. The van der Waals surface area contributed by atoms with Crippen molar-refractivity contribution in [3.05, 3.63) is 89.5 Å². The Balaban J connectivity index is 1.45. The standard InChI is InChI=1S/C24H22FN5O4S/c1-15-11-12-16(35(33,34)29-19-8-4-3-7-18(19)25)13-17(15)24(32)28-27-23(31)14-22-26-20-9-5-6-10-21(20)30(22)2/h3-13,29H,14H2,1-2H3,(H,27,31)(H,28,32). The van der Waals surface area contributed by atoms with Gasteiger partial charge in [0.15, 0.2) is 0 Å². The Morgan fingerprint density at radius 1 is 1.00 bits per heavy atom. The van der Waals surface area contributed by atoms with E-state index in [-0.39, 0.29) is 22.6 Å². The molecular weight excluding hydrogens is 473 g/mol. The molecule has 4 rings (SSSR count). The minimum absolute atomic E-state index is 0.0319. The van der Waals surface area contributed by atoms with E-state index in [1.54, 1.807) is 18.5 Å². The molecule has 0 radical (unpaired) electrons. The van der Waals surface area contributed by atoms with Crippen molar-refractivity contribution in [2.24, 2.45) is 7.05 Å². The molecule has 9 nitrogen and oxygen atoms in total. The lowest BCUT2D eigenvalue weighted by atomic mass is 10.1. The normalized spacial score (nSPS) is 11.3. The van der Waals surface area contributed by atoms with Crippen LogP contribution in [0.15, 0.2) is 71.6 Å². The molecular formula is C24H22FN5O4S. The summed E-state index contributed by atoms with van der Waals surface area (Å²) in [6, 6.07) is 16.7. The van der Waals surface area contributed by atoms with Gasteiger partial charge in [0, 0.05) is 12.6 Å². The number of amides is 2. The summed E-state index contributed by atoms with van der Waals surface area (Å²) in [6.07, 6.45) is -0.0780. The van der Waals surface area contributed by atoms with Gasteiger partial charge in [0.25, 0.3) is 15.9 Å². The molecule has 1 aromatic heterocycles. The van der Waals surface area contributed by atoms with Crippen molar-refractivity contribution in [2.75, 3.05) is 4.72 Å². The number of halogens is 1. The van der Waals surface area contributed by atoms with Gasteiger partial charge in [-0.1, -0.05) is 30.3 Å². The van der Waals surface area contributed by atoms with Crippen LogP contribution in [0.5, 0.6) is 0 Å². The van der Waals surface area contributed by atoms with Crippen LogP contribution in [-0.4, -0.2) is 29.8 Å². The molecule has 2 amide bonds. The number of hydrogen-bond donors (Lipinski definition) is 3. The van der Waals surface area contributed by atoms with Gasteiger partial charge in [-0.05, 0) is 48.9 Å². The third-order valence-corrected chi connectivity index (χ3v) is 6.76. The lowest BCUT2D eigenvalue weighted by Crippen LogP contribution is -2.43. The number of aryl methyl sites for hydroxylation is 2. The number of carbonyl (C=O) groups is 2. The van der Waals surface area contributed by atoms with Crippen LogP contribution in [0.25, 0.3) is 11.0 Å². The van der Waals surface area contributed by atoms with Crippen molar-refractivity contribution in [3.8, 4) is 0 Å². The molecule has 0 fully saturated rings. The summed E-state index contributed by atoms with van der Waals surface area (Å²) in [5, 5.41) is 0. The highest BCUT2D eigenvalue weighted by atomic mass is 32.2. The van der Waals surface area contributed by atoms with E-state index in [0.29, 0.717) is 11.4 Å². The van der Waals surface area contributed by atoms with E-state index in [2.05, 4.69) is 20.6 Å². The largest absolute Gasteiger partial charge is 0.331 e. The summed E-state index contributed by atoms with van der Waals surface area (Å²) in [7, 11) is -2.37. The zero-order valence-electron chi connectivity index (χ0n) is 18.9. The zero-order chi connectivity index (χ0) is 25.2. The second-order valence-electron chi connectivity index (χ2n) is 7.82. The van der Waals surface area contributed by atoms with Crippen molar-refractivity contribution in [1.29, 1.82) is 0 Å². The van der Waals surface area contributed by atoms with Crippen LogP contribution in [0.2, 0.25) is 0 Å². The maximum absolute atomic E-state index is 13.9. The minimum Gasteiger partial charge on any atom is -0.331 e. The SMILES string of the molecule is Cc1ccc(S(=O)(=O)Nc2ccccc2F)cc1C(=O)NNC(=O)Cc1nc2ccccc2n1C. The molecule has 35 heavy (non-hydrogen) atoms. The van der Waals surface area contributed by atoms with Crippen LogP contribution in [0, 0.1) is 12.7 Å². The Morgan fingerprint density at radius 2 is 1.71 bits per heavy atom. The van der Waals surface area contributed by atoms with Crippen molar-refractivity contribution < 1.29 is 22.4 Å². The van der Waals surface area contributed by atoms with E-state index >= 15 is 0 Å². The van der Waals surface area contributed by atoms with Crippen LogP contribution in [0.4, 0.5) is 10.1 Å². The lowest BCUT2D eigenvalue weighted by Gasteiger charge is -2.12. The smallest absolute Gasteiger partial charge is 0.269 e. The average molecular weight is 496 g/mol. The first-order valence-corrected chi connectivity index (χ1v) is 12.0. The maximum Gasteiger partial charge on any atom is 0.269 e. The number of hydrogen-bond acceptors (Lipinski definition) is 5. The third kappa shape index (κ3) is 5.14. The molecule has 0 aliphatic carbocycles. The molecule has 0 aliphatic rings. The van der Waals surface area contributed by atoms with Gasteiger partial charge in [0.2, 0.25) is 5.91 Å². The topological polar surface area (TPSA) is 122 Å². The average Bonchev–Trinajstić information content (AvgIpc) is 3.14. The first-order chi connectivity index (χ1) is 16.7. The molecule has 1 heterocycles. The van der Waals surface area contributed by atoms with Gasteiger partial charge < -0.3 is 4.57 Å². The van der Waals surface area contributed by atoms with Crippen molar-refractivity contribution in [1.82, 2.24) is 20.4 Å². The van der Waals surface area contributed by atoms with E-state index < -0.39 is 27.7 Å². The molecule has 0 unspecified atom stereocenters. The number of hydrazine groups is 1. The highest BCUT2D eigenvalue weighted by Crippen LogP contribution is 2.21. The van der Waals surface area contributed by atoms with E-state index in [9.17, 15) is 22.4 Å². The molecule has 0 aliphatic heterocycles. The first kappa shape index (κ1) is 23.9. The Hall–Kier alpha value is -4.25. The Bertz CT molecular complexity index is 1550. The second kappa shape index (κ2) is 9.55. The Kier molecular flexibility index (Phi) is 6.52. The molecule has 0 spiro atoms. The predicted molar refractivity (Wildman–Crippen MR) is 128 cm³/mol. The molecule has 4 aromatic rings. The van der Waals surface area contributed by atoms with Crippen LogP contribution < -0.4 is 15.6 Å². The number of nitrogens with one attached hydrogen (secondary N) is 3. The third-order valence-electron chi connectivity index (χ3n) is 5.40. The first-order valence-electron chi connectivity index (χ1n) is 10.5. The molecule has 3 N–H and O–H groups in total. The number of sulfonamides is 1. The number of benzene rings is 3. The summed E-state index contributed by atoms with van der Waals surface area (Å²) in [5.74, 6) is -1.42. The number of nitrogens with zero attached hydrogens (tertiary/aromatic N) is 2. The summed E-state index contributed by atoms with van der Waals surface area (Å²) < 4.78 is 43.3. The number of imidazole rings is 1. The van der Waals surface area contributed by atoms with Gasteiger partial charge in [-0.3, -0.25) is 25.2 Å². The van der Waals surface area contributed by atoms with Crippen LogP contribution in [0.3, 0.4) is 0 Å². The second-order valence-corrected chi connectivity index (χ2v) is 9.50. The van der Waals surface area contributed by atoms with Crippen LogP contribution in [-0.2, 0) is 28.3 Å². The van der Waals surface area contributed by atoms with E-state index in [4.69, 9.17) is 0 Å². The van der Waals surface area contributed by atoms with Crippen molar-refractivity contribution >= 4 is 38.6 Å². The van der Waals surface area contributed by atoms with Gasteiger partial charge in [0.05, 0.1) is 28.0 Å². The van der Waals surface area contributed by atoms with Crippen molar-refractivity contribution in [2.45, 2.75) is 18.2 Å². The molecule has 0 saturated heterocycles. The van der Waals surface area contributed by atoms with Crippen molar-refractivity contribution in [3.63, 3.8) is 0 Å². The molecule has 11 heteroatoms. The molecule has 180 valence electrons. The molecule has 0 bridgehead atoms. The van der Waals surface area contributed by atoms with Gasteiger partial charge in [0.1, 0.15) is 11.6 Å². The Labute approximate surface area is 201 Å². The molecule has 0 atom stereocenters. The number of carbonyl (C=O) groups excluding carboxylic acids is 2. The number of aromatic nitrogens is 2. The quantitative estimate of drug-likeness (QED) is 0.355. The Morgan fingerprint density at radius 3 is 2.46 bits per heavy atom.